The van der Waals surface area contributed by atoms with Crippen molar-refractivity contribution in [3.63, 3.8) is 0 Å². The van der Waals surface area contributed by atoms with Crippen LogP contribution in [0.5, 0.6) is 0 Å². The Morgan fingerprint density at radius 2 is 1.95 bits per heavy atom. The standard InChI is InChI=1S/C18H14N4/c1-3-16(20-9-1)18(17-4-2-10-21-17)14-5-7-15(8-6-14)22-12-11-19-13-22/h1-13H,(H,20,21)/p+1. The number of hydrogen-bond acceptors (Lipinski definition) is 1. The minimum atomic E-state index is 0.976. The maximum atomic E-state index is 4.45. The van der Waals surface area contributed by atoms with Crippen LogP contribution < -0.4 is 4.57 Å². The maximum Gasteiger partial charge on any atom is 0.246 e. The predicted octanol–water partition coefficient (Wildman–Crippen LogP) is 3.02. The molecule has 0 aliphatic carbocycles. The van der Waals surface area contributed by atoms with E-state index in [1.165, 1.54) is 0 Å². The minimum absolute atomic E-state index is 0.976. The number of nitrogens with one attached hydrogen (secondary N) is 2. The lowest BCUT2D eigenvalue weighted by molar-refractivity contribution is -0.594. The van der Waals surface area contributed by atoms with Crippen LogP contribution in [-0.2, 0) is 0 Å². The van der Waals surface area contributed by atoms with Gasteiger partial charge in [0.15, 0.2) is 0 Å². The number of rotatable bonds is 3. The summed E-state index contributed by atoms with van der Waals surface area (Å²) >= 11 is 0. The molecular formula is C18H15N4+. The van der Waals surface area contributed by atoms with E-state index < -0.39 is 0 Å². The molecular weight excluding hydrogens is 272 g/mol. The van der Waals surface area contributed by atoms with E-state index in [0.717, 1.165) is 28.2 Å². The third-order valence-corrected chi connectivity index (χ3v) is 3.68. The average Bonchev–Trinajstić information content (AvgIpc) is 3.32. The summed E-state index contributed by atoms with van der Waals surface area (Å²) < 4.78 is 2.04. The smallest absolute Gasteiger partial charge is 0.246 e. The van der Waals surface area contributed by atoms with E-state index in [0.29, 0.717) is 0 Å². The van der Waals surface area contributed by atoms with Crippen molar-refractivity contribution in [1.82, 2.24) is 9.97 Å². The Bertz CT molecular complexity index is 834. The molecule has 2 aromatic heterocycles. The number of aromatic amines is 2. The third-order valence-electron chi connectivity index (χ3n) is 3.68. The van der Waals surface area contributed by atoms with Gasteiger partial charge in [-0.25, -0.2) is 9.55 Å². The fourth-order valence-electron chi connectivity index (χ4n) is 2.63. The van der Waals surface area contributed by atoms with Gasteiger partial charge in [0, 0.05) is 23.7 Å². The first kappa shape index (κ1) is 12.6. The fourth-order valence-corrected chi connectivity index (χ4v) is 2.63. The number of allylic oxidation sites excluding steroid dienone is 2. The van der Waals surface area contributed by atoms with Crippen LogP contribution in [0.2, 0.25) is 0 Å². The molecule has 4 rings (SSSR count). The second-order valence-electron chi connectivity index (χ2n) is 5.05. The molecule has 0 amide bonds. The summed E-state index contributed by atoms with van der Waals surface area (Å²) in [4.78, 5) is 10.8. The van der Waals surface area contributed by atoms with Gasteiger partial charge < -0.3 is 4.98 Å². The third kappa shape index (κ3) is 2.20. The topological polar surface area (TPSA) is 47.8 Å². The van der Waals surface area contributed by atoms with E-state index in [1.807, 2.05) is 53.9 Å². The van der Waals surface area contributed by atoms with Gasteiger partial charge >= 0.3 is 0 Å². The van der Waals surface area contributed by atoms with Crippen molar-refractivity contribution < 1.29 is 4.57 Å². The highest BCUT2D eigenvalue weighted by atomic mass is 15.0. The number of hydrogen-bond donors (Lipinski definition) is 2. The van der Waals surface area contributed by atoms with E-state index in [-0.39, 0.29) is 0 Å². The van der Waals surface area contributed by atoms with Crippen LogP contribution in [0.25, 0.3) is 11.3 Å². The molecule has 4 heteroatoms. The first-order valence-corrected chi connectivity index (χ1v) is 7.15. The highest BCUT2D eigenvalue weighted by molar-refractivity contribution is 5.88. The van der Waals surface area contributed by atoms with Crippen LogP contribution in [0.4, 0.5) is 0 Å². The predicted molar refractivity (Wildman–Crippen MR) is 86.8 cm³/mol. The summed E-state index contributed by atoms with van der Waals surface area (Å²) in [5, 5.41) is 0. The molecule has 1 aliphatic rings. The van der Waals surface area contributed by atoms with Crippen molar-refractivity contribution in [2.24, 2.45) is 4.99 Å². The summed E-state index contributed by atoms with van der Waals surface area (Å²) in [5.74, 6) is 0. The van der Waals surface area contributed by atoms with E-state index in [9.17, 15) is 0 Å². The van der Waals surface area contributed by atoms with E-state index in [2.05, 4.69) is 45.3 Å². The van der Waals surface area contributed by atoms with E-state index in [1.54, 1.807) is 0 Å². The summed E-state index contributed by atoms with van der Waals surface area (Å²) in [6, 6.07) is 12.5. The molecule has 0 saturated carbocycles. The van der Waals surface area contributed by atoms with Gasteiger partial charge in [-0.05, 0) is 54.1 Å². The Morgan fingerprint density at radius 3 is 2.59 bits per heavy atom. The summed E-state index contributed by atoms with van der Waals surface area (Å²) in [5.41, 5.74) is 5.42. The van der Waals surface area contributed by atoms with Crippen LogP contribution in [0.15, 0.2) is 84.2 Å². The van der Waals surface area contributed by atoms with Gasteiger partial charge in [-0.2, -0.15) is 0 Å². The van der Waals surface area contributed by atoms with E-state index in [4.69, 9.17) is 0 Å². The highest BCUT2D eigenvalue weighted by Gasteiger charge is 2.13. The Kier molecular flexibility index (Phi) is 3.05. The molecule has 0 atom stereocenters. The molecule has 4 nitrogen and oxygen atoms in total. The molecule has 0 bridgehead atoms. The molecule has 0 saturated heterocycles. The second-order valence-corrected chi connectivity index (χ2v) is 5.05. The molecule has 1 aromatic carbocycles. The second kappa shape index (κ2) is 5.33. The number of imidazole rings is 1. The first-order valence-electron chi connectivity index (χ1n) is 7.15. The number of nitrogens with zero attached hydrogens (tertiary/aromatic N) is 2. The largest absolute Gasteiger partial charge is 0.361 e. The van der Waals surface area contributed by atoms with Crippen molar-refractivity contribution in [1.29, 1.82) is 0 Å². The monoisotopic (exact) mass is 287 g/mol. The SMILES string of the molecule is C1=CC(=C(c2ccc(-[n+]3cc[nH]c3)cc2)c2ccc[nH]2)N=C1. The highest BCUT2D eigenvalue weighted by Crippen LogP contribution is 2.28. The lowest BCUT2D eigenvalue weighted by atomic mass is 10.00. The zero-order chi connectivity index (χ0) is 14.8. The molecule has 0 spiro atoms. The molecule has 0 fully saturated rings. The Balaban J connectivity index is 1.80. The Morgan fingerprint density at radius 1 is 1.05 bits per heavy atom. The van der Waals surface area contributed by atoms with Crippen LogP contribution in [0, 0.1) is 0 Å². The normalized spacial score (nSPS) is 15.5. The van der Waals surface area contributed by atoms with Gasteiger partial charge in [0.25, 0.3) is 0 Å². The minimum Gasteiger partial charge on any atom is -0.361 e. The van der Waals surface area contributed by atoms with Gasteiger partial charge in [0.2, 0.25) is 6.33 Å². The molecule has 0 radical (unpaired) electrons. The number of benzene rings is 1. The molecule has 3 aromatic rings. The zero-order valence-corrected chi connectivity index (χ0v) is 11.9. The number of H-pyrrole nitrogens is 2. The van der Waals surface area contributed by atoms with Crippen LogP contribution >= 0.6 is 0 Å². The summed E-state index contributed by atoms with van der Waals surface area (Å²) in [6.45, 7) is 0. The molecule has 0 unspecified atom stereocenters. The zero-order valence-electron chi connectivity index (χ0n) is 11.9. The lowest BCUT2D eigenvalue weighted by Crippen LogP contribution is -2.26. The van der Waals surface area contributed by atoms with Crippen molar-refractivity contribution in [3.8, 4) is 5.69 Å². The molecule has 106 valence electrons. The summed E-state index contributed by atoms with van der Waals surface area (Å²) in [6.07, 6.45) is 13.6. The van der Waals surface area contributed by atoms with Crippen LogP contribution in [0.1, 0.15) is 11.3 Å². The molecule has 2 N–H and O–H groups in total. The van der Waals surface area contributed by atoms with Gasteiger partial charge in [-0.1, -0.05) is 0 Å². The summed E-state index contributed by atoms with van der Waals surface area (Å²) in [7, 11) is 0. The van der Waals surface area contributed by atoms with Gasteiger partial charge in [0.1, 0.15) is 18.1 Å². The van der Waals surface area contributed by atoms with E-state index >= 15 is 0 Å². The molecule has 1 aliphatic heterocycles. The van der Waals surface area contributed by atoms with Gasteiger partial charge in [0.05, 0.1) is 5.70 Å². The number of aromatic nitrogens is 3. The lowest BCUT2D eigenvalue weighted by Gasteiger charge is -2.08. The van der Waals surface area contributed by atoms with Crippen molar-refractivity contribution in [3.05, 3.63) is 90.4 Å². The first-order chi connectivity index (χ1) is 10.9. The average molecular weight is 287 g/mol. The van der Waals surface area contributed by atoms with Crippen molar-refractivity contribution in [2.75, 3.05) is 0 Å². The number of aliphatic imine (C=N–C) groups is 1. The van der Waals surface area contributed by atoms with Crippen molar-refractivity contribution in [2.45, 2.75) is 0 Å². The fraction of sp³-hybridized carbons (Fsp3) is 0. The van der Waals surface area contributed by atoms with Crippen LogP contribution in [0.3, 0.4) is 0 Å². The Hall–Kier alpha value is -3.14. The quantitative estimate of drug-likeness (QED) is 0.696. The molecule has 22 heavy (non-hydrogen) atoms. The van der Waals surface area contributed by atoms with Crippen LogP contribution in [-0.4, -0.2) is 16.2 Å². The maximum absolute atomic E-state index is 4.45. The van der Waals surface area contributed by atoms with Gasteiger partial charge in [-0.15, -0.1) is 0 Å². The van der Waals surface area contributed by atoms with Gasteiger partial charge in [-0.3, -0.25) is 4.99 Å². The Labute approximate surface area is 128 Å². The molecule has 3 heterocycles. The van der Waals surface area contributed by atoms with Crippen molar-refractivity contribution >= 4 is 11.8 Å².